The number of esters is 1. The minimum absolute atomic E-state index is 0.252. The fourth-order valence-electron chi connectivity index (χ4n) is 2.58. The van der Waals surface area contributed by atoms with Crippen molar-refractivity contribution >= 4 is 23.6 Å². The van der Waals surface area contributed by atoms with Gasteiger partial charge in [-0.1, -0.05) is 29.8 Å². The van der Waals surface area contributed by atoms with E-state index in [-0.39, 0.29) is 12.6 Å². The highest BCUT2D eigenvalue weighted by Gasteiger charge is 2.36. The number of benzene rings is 1. The zero-order valence-electron chi connectivity index (χ0n) is 12.9. The van der Waals surface area contributed by atoms with Crippen molar-refractivity contribution in [1.82, 2.24) is 10.2 Å². The summed E-state index contributed by atoms with van der Waals surface area (Å²) < 4.78 is 5.15. The average molecular weight is 323 g/mol. The number of hydrogen-bond donors (Lipinski definition) is 1. The fourth-order valence-corrected chi connectivity index (χ4v) is 2.82. The Morgan fingerprint density at radius 2 is 2.05 bits per heavy atom. The lowest BCUT2D eigenvalue weighted by Crippen LogP contribution is -2.48. The second kappa shape index (κ2) is 6.83. The molecule has 0 saturated carbocycles. The fraction of sp³-hybridized carbons (Fsp3) is 0.375. The Bertz CT molecular complexity index is 628. The summed E-state index contributed by atoms with van der Waals surface area (Å²) in [4.78, 5) is 26.1. The number of halogens is 1. The highest BCUT2D eigenvalue weighted by molar-refractivity contribution is 6.31. The van der Waals surface area contributed by atoms with E-state index in [4.69, 9.17) is 16.3 Å². The third-order valence-corrected chi connectivity index (χ3v) is 3.97. The Hall–Kier alpha value is -2.01. The van der Waals surface area contributed by atoms with Crippen LogP contribution in [0.3, 0.4) is 0 Å². The van der Waals surface area contributed by atoms with Crippen molar-refractivity contribution in [3.63, 3.8) is 0 Å². The molecule has 1 aromatic carbocycles. The second-order valence-corrected chi connectivity index (χ2v) is 5.28. The minimum Gasteiger partial charge on any atom is -0.463 e. The Balaban J connectivity index is 2.56. The lowest BCUT2D eigenvalue weighted by Gasteiger charge is -2.35. The van der Waals surface area contributed by atoms with Gasteiger partial charge >= 0.3 is 12.0 Å². The van der Waals surface area contributed by atoms with Crippen LogP contribution >= 0.6 is 11.6 Å². The zero-order chi connectivity index (χ0) is 16.3. The average Bonchev–Trinajstić information content (AvgIpc) is 2.47. The first kappa shape index (κ1) is 16.4. The number of nitrogens with one attached hydrogen (secondary N) is 1. The van der Waals surface area contributed by atoms with E-state index in [1.54, 1.807) is 32.0 Å². The number of urea groups is 1. The molecule has 5 nitrogen and oxygen atoms in total. The minimum atomic E-state index is -0.608. The van der Waals surface area contributed by atoms with E-state index in [2.05, 4.69) is 5.32 Å². The van der Waals surface area contributed by atoms with E-state index < -0.39 is 12.0 Å². The molecule has 6 heteroatoms. The number of allylic oxidation sites excluding steroid dienone is 1. The van der Waals surface area contributed by atoms with E-state index in [0.717, 1.165) is 0 Å². The summed E-state index contributed by atoms with van der Waals surface area (Å²) in [6.07, 6.45) is 0. The Kier molecular flexibility index (Phi) is 5.08. The quantitative estimate of drug-likeness (QED) is 0.866. The first-order valence-corrected chi connectivity index (χ1v) is 7.59. The topological polar surface area (TPSA) is 58.6 Å². The van der Waals surface area contributed by atoms with Crippen molar-refractivity contribution in [2.45, 2.75) is 26.8 Å². The second-order valence-electron chi connectivity index (χ2n) is 4.87. The van der Waals surface area contributed by atoms with E-state index in [0.29, 0.717) is 28.4 Å². The summed E-state index contributed by atoms with van der Waals surface area (Å²) in [6.45, 7) is 6.08. The van der Waals surface area contributed by atoms with Crippen molar-refractivity contribution in [1.29, 1.82) is 0 Å². The molecule has 0 aliphatic carbocycles. The summed E-state index contributed by atoms with van der Waals surface area (Å²) in [6, 6.07) is 6.28. The molecular weight excluding hydrogens is 304 g/mol. The highest BCUT2D eigenvalue weighted by atomic mass is 35.5. The van der Waals surface area contributed by atoms with Crippen molar-refractivity contribution < 1.29 is 14.3 Å². The monoisotopic (exact) mass is 322 g/mol. The van der Waals surface area contributed by atoms with Gasteiger partial charge in [0.2, 0.25) is 0 Å². The molecule has 0 bridgehead atoms. The third kappa shape index (κ3) is 2.95. The van der Waals surface area contributed by atoms with Gasteiger partial charge in [-0.15, -0.1) is 0 Å². The van der Waals surface area contributed by atoms with Gasteiger partial charge in [0.1, 0.15) is 0 Å². The van der Waals surface area contributed by atoms with Crippen molar-refractivity contribution in [3.05, 3.63) is 46.1 Å². The van der Waals surface area contributed by atoms with Crippen LogP contribution < -0.4 is 5.32 Å². The molecule has 1 atom stereocenters. The molecule has 1 heterocycles. The van der Waals surface area contributed by atoms with Crippen LogP contribution in [0.25, 0.3) is 0 Å². The van der Waals surface area contributed by atoms with Crippen molar-refractivity contribution in [3.8, 4) is 0 Å². The van der Waals surface area contributed by atoms with E-state index in [9.17, 15) is 9.59 Å². The molecule has 1 aliphatic rings. The number of carbonyl (C=O) groups excluding carboxylic acids is 2. The van der Waals surface area contributed by atoms with Crippen LogP contribution in [-0.4, -0.2) is 30.1 Å². The highest BCUT2D eigenvalue weighted by Crippen LogP contribution is 2.34. The molecule has 22 heavy (non-hydrogen) atoms. The van der Waals surface area contributed by atoms with Gasteiger partial charge in [-0.2, -0.15) is 0 Å². The van der Waals surface area contributed by atoms with Crippen LogP contribution in [0.1, 0.15) is 32.4 Å². The van der Waals surface area contributed by atoms with Crippen LogP contribution in [0.4, 0.5) is 4.79 Å². The van der Waals surface area contributed by atoms with Crippen LogP contribution in [0.5, 0.6) is 0 Å². The molecule has 1 aliphatic heterocycles. The number of amides is 2. The molecule has 0 saturated heterocycles. The van der Waals surface area contributed by atoms with Crippen LogP contribution in [-0.2, 0) is 9.53 Å². The van der Waals surface area contributed by atoms with Crippen molar-refractivity contribution in [2.75, 3.05) is 13.2 Å². The number of ether oxygens (including phenoxy) is 1. The Labute approximate surface area is 134 Å². The summed E-state index contributed by atoms with van der Waals surface area (Å²) in [5.41, 5.74) is 1.68. The zero-order valence-corrected chi connectivity index (χ0v) is 13.6. The smallest absolute Gasteiger partial charge is 0.338 e. The summed E-state index contributed by atoms with van der Waals surface area (Å²) >= 11 is 6.23. The summed E-state index contributed by atoms with van der Waals surface area (Å²) in [5, 5.41) is 3.33. The number of carbonyl (C=O) groups is 2. The molecule has 1 unspecified atom stereocenters. The van der Waals surface area contributed by atoms with Crippen molar-refractivity contribution in [2.24, 2.45) is 0 Å². The maximum absolute atomic E-state index is 12.4. The molecule has 0 fully saturated rings. The molecule has 1 aromatic rings. The van der Waals surface area contributed by atoms with Crippen LogP contribution in [0, 0.1) is 0 Å². The van der Waals surface area contributed by atoms with E-state index >= 15 is 0 Å². The van der Waals surface area contributed by atoms with Crippen LogP contribution in [0.15, 0.2) is 35.5 Å². The largest absolute Gasteiger partial charge is 0.463 e. The summed E-state index contributed by atoms with van der Waals surface area (Å²) in [5.74, 6) is -0.441. The lowest BCUT2D eigenvalue weighted by atomic mass is 9.95. The first-order chi connectivity index (χ1) is 10.5. The van der Waals surface area contributed by atoms with Gasteiger partial charge in [-0.3, -0.25) is 4.90 Å². The number of hydrogen-bond acceptors (Lipinski definition) is 3. The Morgan fingerprint density at radius 3 is 2.64 bits per heavy atom. The van der Waals surface area contributed by atoms with Gasteiger partial charge in [-0.05, 0) is 32.4 Å². The molecule has 0 spiro atoms. The lowest BCUT2D eigenvalue weighted by molar-refractivity contribution is -0.139. The standard InChI is InChI=1S/C16H19ClN2O3/c1-4-19-10(3)13(15(20)22-5-2)14(18-16(19)21)11-8-6-7-9-12(11)17/h6-9,14H,4-5H2,1-3H3,(H,18,21). The molecule has 0 aromatic heterocycles. The predicted molar refractivity (Wildman–Crippen MR) is 84.4 cm³/mol. The normalized spacial score (nSPS) is 18.3. The van der Waals surface area contributed by atoms with Crippen LogP contribution in [0.2, 0.25) is 5.02 Å². The molecule has 2 rings (SSSR count). The number of rotatable bonds is 4. The third-order valence-electron chi connectivity index (χ3n) is 3.62. The first-order valence-electron chi connectivity index (χ1n) is 7.21. The maximum Gasteiger partial charge on any atom is 0.338 e. The molecule has 0 radical (unpaired) electrons. The van der Waals surface area contributed by atoms with Gasteiger partial charge < -0.3 is 10.1 Å². The van der Waals surface area contributed by atoms with E-state index in [1.165, 1.54) is 4.90 Å². The van der Waals surface area contributed by atoms with E-state index in [1.807, 2.05) is 13.0 Å². The molecule has 1 N–H and O–H groups in total. The molecule has 2 amide bonds. The van der Waals surface area contributed by atoms with Gasteiger partial charge in [0, 0.05) is 17.3 Å². The summed E-state index contributed by atoms with van der Waals surface area (Å²) in [7, 11) is 0. The SMILES string of the molecule is CCOC(=O)C1=C(C)N(CC)C(=O)NC1c1ccccc1Cl. The maximum atomic E-state index is 12.4. The van der Waals surface area contributed by atoms with Gasteiger partial charge in [0.15, 0.2) is 0 Å². The predicted octanol–water partition coefficient (Wildman–Crippen LogP) is 3.26. The Morgan fingerprint density at radius 1 is 1.36 bits per heavy atom. The molecular formula is C16H19ClN2O3. The number of nitrogens with zero attached hydrogens (tertiary/aromatic N) is 1. The van der Waals surface area contributed by atoms with Gasteiger partial charge in [-0.25, -0.2) is 9.59 Å². The van der Waals surface area contributed by atoms with Gasteiger partial charge in [0.25, 0.3) is 0 Å². The molecule has 118 valence electrons. The van der Waals surface area contributed by atoms with Gasteiger partial charge in [0.05, 0.1) is 18.2 Å².